The summed E-state index contributed by atoms with van der Waals surface area (Å²) in [5.41, 5.74) is 0. The van der Waals surface area contributed by atoms with Crippen LogP contribution >= 0.6 is 11.6 Å². The van der Waals surface area contributed by atoms with Crippen LogP contribution in [0.25, 0.3) is 0 Å². The van der Waals surface area contributed by atoms with E-state index < -0.39 is 0 Å². The van der Waals surface area contributed by atoms with Crippen LogP contribution in [-0.4, -0.2) is 6.61 Å². The average molecular weight is 145 g/mol. The van der Waals surface area contributed by atoms with E-state index in [2.05, 4.69) is 0 Å². The van der Waals surface area contributed by atoms with Crippen molar-refractivity contribution < 1.29 is 9.15 Å². The number of halogens is 1. The highest BCUT2D eigenvalue weighted by atomic mass is 35.5. The van der Waals surface area contributed by atoms with Gasteiger partial charge in [-0.3, -0.25) is 0 Å². The maximum absolute atomic E-state index is 5.51. The van der Waals surface area contributed by atoms with Crippen LogP contribution in [0, 0.1) is 0 Å². The summed E-state index contributed by atoms with van der Waals surface area (Å²) in [6.45, 7) is 0.768. The first-order valence-electron chi connectivity index (χ1n) is 2.73. The van der Waals surface area contributed by atoms with Gasteiger partial charge < -0.3 is 9.15 Å². The first kappa shape index (κ1) is 5.33. The number of hydrogen-bond acceptors (Lipinski definition) is 2. The topological polar surface area (TPSA) is 25.7 Å². The first-order chi connectivity index (χ1) is 4.36. The predicted octanol–water partition coefficient (Wildman–Crippen LogP) is 2.00. The van der Waals surface area contributed by atoms with Crippen molar-refractivity contribution in [3.8, 4) is 0 Å². The summed E-state index contributed by atoms with van der Waals surface area (Å²) in [6, 6.07) is 3.55. The summed E-state index contributed by atoms with van der Waals surface area (Å²) in [7, 11) is 0. The molecule has 0 bridgehead atoms. The van der Waals surface area contributed by atoms with E-state index in [4.69, 9.17) is 20.8 Å². The fourth-order valence-corrected chi connectivity index (χ4v) is 0.866. The molecule has 3 heteroatoms. The van der Waals surface area contributed by atoms with Crippen molar-refractivity contribution in [1.29, 1.82) is 0 Å². The highest BCUT2D eigenvalue weighted by Crippen LogP contribution is 2.31. The molecular weight excluding hydrogens is 140 g/mol. The Morgan fingerprint density at radius 2 is 2.33 bits per heavy atom. The largest absolute Gasteiger partial charge is 0.447 e. The van der Waals surface area contributed by atoms with Crippen LogP contribution < -0.4 is 0 Å². The van der Waals surface area contributed by atoms with Gasteiger partial charge in [0.25, 0.3) is 0 Å². The molecule has 0 aliphatic carbocycles. The number of furan rings is 1. The second-order valence-corrected chi connectivity index (χ2v) is 2.34. The molecule has 1 fully saturated rings. The average Bonchev–Trinajstić information content (AvgIpc) is 2.58. The van der Waals surface area contributed by atoms with Crippen molar-refractivity contribution in [3.05, 3.63) is 23.1 Å². The maximum atomic E-state index is 5.51. The summed E-state index contributed by atoms with van der Waals surface area (Å²) in [5.74, 6) is 0.833. The normalized spacial score (nSPS) is 24.3. The van der Waals surface area contributed by atoms with Gasteiger partial charge in [0.2, 0.25) is 0 Å². The third-order valence-corrected chi connectivity index (χ3v) is 1.45. The molecule has 0 amide bonds. The van der Waals surface area contributed by atoms with Crippen molar-refractivity contribution in [3.63, 3.8) is 0 Å². The Bertz CT molecular complexity index is 215. The molecule has 0 spiro atoms. The second kappa shape index (κ2) is 1.75. The van der Waals surface area contributed by atoms with Gasteiger partial charge in [0, 0.05) is 0 Å². The summed E-state index contributed by atoms with van der Waals surface area (Å²) >= 11 is 5.51. The molecule has 1 aromatic heterocycles. The van der Waals surface area contributed by atoms with Crippen LogP contribution in [0.4, 0.5) is 0 Å². The molecule has 9 heavy (non-hydrogen) atoms. The Morgan fingerprint density at radius 1 is 1.56 bits per heavy atom. The van der Waals surface area contributed by atoms with Crippen molar-refractivity contribution in [2.24, 2.45) is 0 Å². The zero-order valence-electron chi connectivity index (χ0n) is 4.63. The molecule has 0 saturated carbocycles. The Balaban J connectivity index is 2.28. The summed E-state index contributed by atoms with van der Waals surface area (Å²) in [4.78, 5) is 0. The molecule has 1 aliphatic rings. The Labute approximate surface area is 57.4 Å². The summed E-state index contributed by atoms with van der Waals surface area (Å²) in [6.07, 6.45) is 0.178. The maximum Gasteiger partial charge on any atom is 0.193 e. The van der Waals surface area contributed by atoms with E-state index in [0.717, 1.165) is 12.4 Å². The van der Waals surface area contributed by atoms with E-state index in [1.54, 1.807) is 6.07 Å². The number of ether oxygens (including phenoxy) is 1. The molecule has 1 aromatic rings. The highest BCUT2D eigenvalue weighted by molar-refractivity contribution is 6.28. The zero-order valence-corrected chi connectivity index (χ0v) is 5.39. The van der Waals surface area contributed by atoms with Gasteiger partial charge in [-0.25, -0.2) is 0 Å². The van der Waals surface area contributed by atoms with Gasteiger partial charge in [0.1, 0.15) is 11.9 Å². The minimum absolute atomic E-state index is 0.178. The molecule has 2 nitrogen and oxygen atoms in total. The lowest BCUT2D eigenvalue weighted by molar-refractivity contribution is 0.371. The van der Waals surface area contributed by atoms with Crippen molar-refractivity contribution in [2.75, 3.05) is 6.61 Å². The van der Waals surface area contributed by atoms with Gasteiger partial charge in [0.15, 0.2) is 5.22 Å². The fraction of sp³-hybridized carbons (Fsp3) is 0.333. The van der Waals surface area contributed by atoms with Crippen LogP contribution in [0.1, 0.15) is 11.9 Å². The minimum Gasteiger partial charge on any atom is -0.447 e. The Morgan fingerprint density at radius 3 is 2.78 bits per heavy atom. The van der Waals surface area contributed by atoms with Gasteiger partial charge in [0.05, 0.1) is 6.61 Å². The highest BCUT2D eigenvalue weighted by Gasteiger charge is 2.27. The number of hydrogen-bond donors (Lipinski definition) is 0. The third-order valence-electron chi connectivity index (χ3n) is 1.24. The molecule has 1 saturated heterocycles. The molecule has 0 N–H and O–H groups in total. The van der Waals surface area contributed by atoms with Gasteiger partial charge in [-0.15, -0.1) is 0 Å². The van der Waals surface area contributed by atoms with Crippen LogP contribution in [0.15, 0.2) is 16.5 Å². The molecule has 1 atom stereocenters. The van der Waals surface area contributed by atoms with Crippen LogP contribution in [0.2, 0.25) is 5.22 Å². The summed E-state index contributed by atoms with van der Waals surface area (Å²) in [5, 5.41) is 0.431. The third kappa shape index (κ3) is 0.955. The van der Waals surface area contributed by atoms with Gasteiger partial charge in [-0.05, 0) is 23.7 Å². The van der Waals surface area contributed by atoms with Gasteiger partial charge >= 0.3 is 0 Å². The molecule has 1 aliphatic heterocycles. The van der Waals surface area contributed by atoms with Crippen LogP contribution in [0.5, 0.6) is 0 Å². The van der Waals surface area contributed by atoms with Crippen molar-refractivity contribution in [1.82, 2.24) is 0 Å². The van der Waals surface area contributed by atoms with E-state index in [-0.39, 0.29) is 6.10 Å². The molecule has 2 heterocycles. The van der Waals surface area contributed by atoms with Gasteiger partial charge in [-0.1, -0.05) is 0 Å². The van der Waals surface area contributed by atoms with Crippen LogP contribution in [-0.2, 0) is 4.74 Å². The first-order valence-corrected chi connectivity index (χ1v) is 3.11. The van der Waals surface area contributed by atoms with E-state index in [0.29, 0.717) is 5.22 Å². The molecule has 0 radical (unpaired) electrons. The standard InChI is InChI=1S/C6H5ClO2/c7-6-2-1-4(9-6)5-3-8-5/h1-2,5H,3H2/t5-/m1/s1. The lowest BCUT2D eigenvalue weighted by Crippen LogP contribution is -1.69. The molecule has 0 unspecified atom stereocenters. The molecule has 0 aromatic carbocycles. The molecule has 2 rings (SSSR count). The van der Waals surface area contributed by atoms with E-state index >= 15 is 0 Å². The van der Waals surface area contributed by atoms with Gasteiger partial charge in [-0.2, -0.15) is 0 Å². The van der Waals surface area contributed by atoms with Crippen LogP contribution in [0.3, 0.4) is 0 Å². The number of rotatable bonds is 1. The predicted molar refractivity (Wildman–Crippen MR) is 32.4 cm³/mol. The Hall–Kier alpha value is -0.470. The van der Waals surface area contributed by atoms with E-state index in [1.807, 2.05) is 6.07 Å². The van der Waals surface area contributed by atoms with Crippen molar-refractivity contribution >= 4 is 11.6 Å². The molecular formula is C6H5ClO2. The van der Waals surface area contributed by atoms with E-state index in [9.17, 15) is 0 Å². The smallest absolute Gasteiger partial charge is 0.193 e. The monoisotopic (exact) mass is 144 g/mol. The lowest BCUT2D eigenvalue weighted by atomic mass is 10.4. The quantitative estimate of drug-likeness (QED) is 0.564. The Kier molecular flexibility index (Phi) is 1.04. The summed E-state index contributed by atoms with van der Waals surface area (Å²) < 4.78 is 10.0. The molecule has 48 valence electrons. The zero-order chi connectivity index (χ0) is 6.27. The lowest BCUT2D eigenvalue weighted by Gasteiger charge is -1.81. The SMILES string of the molecule is Clc1ccc([C@H]2CO2)o1. The number of epoxide rings is 1. The van der Waals surface area contributed by atoms with E-state index in [1.165, 1.54) is 0 Å². The second-order valence-electron chi connectivity index (χ2n) is 1.96. The fourth-order valence-electron chi connectivity index (χ4n) is 0.714. The minimum atomic E-state index is 0.178. The van der Waals surface area contributed by atoms with Crippen molar-refractivity contribution in [2.45, 2.75) is 6.10 Å².